The van der Waals surface area contributed by atoms with Crippen LogP contribution in [0.2, 0.25) is 5.02 Å². The number of benzene rings is 1. The summed E-state index contributed by atoms with van der Waals surface area (Å²) in [6.07, 6.45) is 1.94. The minimum absolute atomic E-state index is 0.108. The van der Waals surface area contributed by atoms with Crippen molar-refractivity contribution < 1.29 is 8.42 Å². The fraction of sp³-hybridized carbons (Fsp3) is 0.500. The second-order valence-electron chi connectivity index (χ2n) is 4.26. The van der Waals surface area contributed by atoms with Gasteiger partial charge in [-0.1, -0.05) is 11.6 Å². The van der Waals surface area contributed by atoms with E-state index in [-0.39, 0.29) is 10.9 Å². The standard InChI is InChI=1S/C12H19ClN2O2S2/c1-9(8-18-3)15-19(16,17)11-4-5-12(13)10(6-11)7-14-2/h4-6,9,14-15H,7-8H2,1-3H3. The van der Waals surface area contributed by atoms with E-state index in [1.54, 1.807) is 30.9 Å². The summed E-state index contributed by atoms with van der Waals surface area (Å²) in [6, 6.07) is 4.63. The van der Waals surface area contributed by atoms with E-state index in [9.17, 15) is 8.42 Å². The number of hydrogen-bond donors (Lipinski definition) is 2. The van der Waals surface area contributed by atoms with Gasteiger partial charge < -0.3 is 5.32 Å². The molecule has 0 radical (unpaired) electrons. The molecule has 4 nitrogen and oxygen atoms in total. The first-order chi connectivity index (χ1) is 8.90. The molecule has 0 amide bonds. The highest BCUT2D eigenvalue weighted by atomic mass is 35.5. The Morgan fingerprint density at radius 1 is 1.42 bits per heavy atom. The molecule has 0 saturated heterocycles. The van der Waals surface area contributed by atoms with Crippen molar-refractivity contribution in [3.8, 4) is 0 Å². The summed E-state index contributed by atoms with van der Waals surface area (Å²) in [5, 5.41) is 3.52. The second kappa shape index (κ2) is 7.50. The summed E-state index contributed by atoms with van der Waals surface area (Å²) >= 11 is 7.62. The van der Waals surface area contributed by atoms with Crippen LogP contribution in [0.25, 0.3) is 0 Å². The molecule has 1 aromatic carbocycles. The van der Waals surface area contributed by atoms with Gasteiger partial charge in [0.1, 0.15) is 0 Å². The first kappa shape index (κ1) is 16.8. The molecule has 1 unspecified atom stereocenters. The van der Waals surface area contributed by atoms with Crippen LogP contribution in [0.4, 0.5) is 0 Å². The van der Waals surface area contributed by atoms with Crippen molar-refractivity contribution in [1.29, 1.82) is 0 Å². The lowest BCUT2D eigenvalue weighted by atomic mass is 10.2. The summed E-state index contributed by atoms with van der Waals surface area (Å²) in [7, 11) is -1.70. The maximum Gasteiger partial charge on any atom is 0.240 e. The maximum atomic E-state index is 12.2. The van der Waals surface area contributed by atoms with Crippen LogP contribution in [0.5, 0.6) is 0 Å². The topological polar surface area (TPSA) is 58.2 Å². The largest absolute Gasteiger partial charge is 0.316 e. The van der Waals surface area contributed by atoms with E-state index in [1.807, 2.05) is 13.2 Å². The van der Waals surface area contributed by atoms with E-state index < -0.39 is 10.0 Å². The van der Waals surface area contributed by atoms with Gasteiger partial charge in [0.2, 0.25) is 10.0 Å². The quantitative estimate of drug-likeness (QED) is 0.807. The van der Waals surface area contributed by atoms with Gasteiger partial charge in [0.15, 0.2) is 0 Å². The monoisotopic (exact) mass is 322 g/mol. The Morgan fingerprint density at radius 3 is 2.68 bits per heavy atom. The fourth-order valence-corrected chi connectivity index (χ4v) is 3.83. The summed E-state index contributed by atoms with van der Waals surface area (Å²) in [5.41, 5.74) is 0.768. The average Bonchev–Trinajstić information content (AvgIpc) is 2.31. The Labute approximate surface area is 124 Å². The molecular formula is C12H19ClN2O2S2. The Bertz CT molecular complexity index is 520. The van der Waals surface area contributed by atoms with Crippen molar-refractivity contribution in [2.75, 3.05) is 19.1 Å². The summed E-state index contributed by atoms with van der Waals surface area (Å²) in [4.78, 5) is 0.245. The highest BCUT2D eigenvalue weighted by molar-refractivity contribution is 7.98. The molecule has 2 N–H and O–H groups in total. The van der Waals surface area contributed by atoms with E-state index in [0.717, 1.165) is 11.3 Å². The van der Waals surface area contributed by atoms with Crippen LogP contribution in [0.1, 0.15) is 12.5 Å². The first-order valence-electron chi connectivity index (χ1n) is 5.85. The van der Waals surface area contributed by atoms with Gasteiger partial charge in [0.25, 0.3) is 0 Å². The molecule has 0 aliphatic rings. The van der Waals surface area contributed by atoms with Gasteiger partial charge in [0.05, 0.1) is 4.90 Å². The summed E-state index contributed by atoms with van der Waals surface area (Å²) in [6.45, 7) is 2.38. The fourth-order valence-electron chi connectivity index (χ4n) is 1.66. The zero-order chi connectivity index (χ0) is 14.5. The Kier molecular flexibility index (Phi) is 6.62. The minimum atomic E-state index is -3.49. The molecule has 0 aromatic heterocycles. The Balaban J connectivity index is 2.98. The molecular weight excluding hydrogens is 304 g/mol. The molecule has 0 saturated carbocycles. The van der Waals surface area contributed by atoms with Gasteiger partial charge in [0, 0.05) is 23.4 Å². The zero-order valence-electron chi connectivity index (χ0n) is 11.2. The second-order valence-corrected chi connectivity index (χ2v) is 7.29. The molecule has 0 spiro atoms. The predicted molar refractivity (Wildman–Crippen MR) is 82.4 cm³/mol. The zero-order valence-corrected chi connectivity index (χ0v) is 13.6. The van der Waals surface area contributed by atoms with Gasteiger partial charge >= 0.3 is 0 Å². The number of sulfonamides is 1. The molecule has 1 rings (SSSR count). The van der Waals surface area contributed by atoms with E-state index in [1.165, 1.54) is 6.07 Å². The highest BCUT2D eigenvalue weighted by Gasteiger charge is 2.18. The third kappa shape index (κ3) is 4.96. The van der Waals surface area contributed by atoms with Crippen LogP contribution in [0.15, 0.2) is 23.1 Å². The SMILES string of the molecule is CNCc1cc(S(=O)(=O)NC(C)CSC)ccc1Cl. The van der Waals surface area contributed by atoms with Crippen LogP contribution in [0, 0.1) is 0 Å². The average molecular weight is 323 g/mol. The molecule has 0 fully saturated rings. The summed E-state index contributed by atoms with van der Waals surface area (Å²) < 4.78 is 27.1. The molecule has 1 aromatic rings. The molecule has 0 heterocycles. The highest BCUT2D eigenvalue weighted by Crippen LogP contribution is 2.20. The lowest BCUT2D eigenvalue weighted by Gasteiger charge is -2.14. The van der Waals surface area contributed by atoms with Gasteiger partial charge in [-0.25, -0.2) is 13.1 Å². The van der Waals surface area contributed by atoms with Crippen LogP contribution < -0.4 is 10.0 Å². The maximum absolute atomic E-state index is 12.2. The molecule has 0 aliphatic heterocycles. The van der Waals surface area contributed by atoms with Crippen molar-refractivity contribution in [2.45, 2.75) is 24.4 Å². The van der Waals surface area contributed by atoms with Gasteiger partial charge in [-0.15, -0.1) is 0 Å². The lowest BCUT2D eigenvalue weighted by molar-refractivity contribution is 0.571. The smallest absolute Gasteiger partial charge is 0.240 e. The number of nitrogens with one attached hydrogen (secondary N) is 2. The molecule has 19 heavy (non-hydrogen) atoms. The third-order valence-corrected chi connectivity index (χ3v) is 5.26. The molecule has 1 atom stereocenters. The van der Waals surface area contributed by atoms with Crippen LogP contribution in [-0.2, 0) is 16.6 Å². The third-order valence-electron chi connectivity index (χ3n) is 2.47. The van der Waals surface area contributed by atoms with Gasteiger partial charge in [-0.2, -0.15) is 11.8 Å². The van der Waals surface area contributed by atoms with E-state index in [2.05, 4.69) is 10.0 Å². The number of hydrogen-bond acceptors (Lipinski definition) is 4. The molecule has 0 aliphatic carbocycles. The number of rotatable bonds is 7. The molecule has 7 heteroatoms. The van der Waals surface area contributed by atoms with Crippen molar-refractivity contribution in [1.82, 2.24) is 10.0 Å². The molecule has 0 bridgehead atoms. The van der Waals surface area contributed by atoms with Crippen LogP contribution >= 0.6 is 23.4 Å². The van der Waals surface area contributed by atoms with E-state index >= 15 is 0 Å². The van der Waals surface area contributed by atoms with Gasteiger partial charge in [-0.05, 0) is 44.0 Å². The first-order valence-corrected chi connectivity index (χ1v) is 9.10. The summed E-state index contributed by atoms with van der Waals surface area (Å²) in [5.74, 6) is 0.732. The number of thioether (sulfide) groups is 1. The van der Waals surface area contributed by atoms with E-state index in [4.69, 9.17) is 11.6 Å². The van der Waals surface area contributed by atoms with Crippen molar-refractivity contribution in [2.24, 2.45) is 0 Å². The van der Waals surface area contributed by atoms with Crippen molar-refractivity contribution in [3.63, 3.8) is 0 Å². The predicted octanol–water partition coefficient (Wildman–Crippen LogP) is 2.09. The van der Waals surface area contributed by atoms with Crippen LogP contribution in [-0.4, -0.2) is 33.5 Å². The normalized spacial score (nSPS) is 13.5. The Morgan fingerprint density at radius 2 is 2.11 bits per heavy atom. The van der Waals surface area contributed by atoms with Crippen LogP contribution in [0.3, 0.4) is 0 Å². The lowest BCUT2D eigenvalue weighted by Crippen LogP contribution is -2.34. The Hall–Kier alpha value is -0.270. The van der Waals surface area contributed by atoms with E-state index in [0.29, 0.717) is 11.6 Å². The minimum Gasteiger partial charge on any atom is -0.316 e. The van der Waals surface area contributed by atoms with Crippen molar-refractivity contribution >= 4 is 33.4 Å². The number of halogens is 1. The van der Waals surface area contributed by atoms with Gasteiger partial charge in [-0.3, -0.25) is 0 Å². The van der Waals surface area contributed by atoms with Crippen molar-refractivity contribution in [3.05, 3.63) is 28.8 Å². The molecule has 108 valence electrons.